The molecule has 0 unspecified atom stereocenters. The Balaban J connectivity index is 2.09. The number of benzene rings is 2. The van der Waals surface area contributed by atoms with E-state index >= 15 is 0 Å². The minimum Gasteiger partial charge on any atom is -0.337 e. The first-order chi connectivity index (χ1) is 10.6. The second kappa shape index (κ2) is 5.45. The van der Waals surface area contributed by atoms with Gasteiger partial charge in [0.05, 0.1) is 16.6 Å². The van der Waals surface area contributed by atoms with Crippen LogP contribution in [0, 0.1) is 31.0 Å². The maximum absolute atomic E-state index is 13.2. The summed E-state index contributed by atoms with van der Waals surface area (Å²) < 4.78 is 13.2. The molecule has 0 radical (unpaired) electrons. The van der Waals surface area contributed by atoms with Crippen LogP contribution in [0.1, 0.15) is 22.5 Å². The number of imidazole rings is 1. The van der Waals surface area contributed by atoms with E-state index in [9.17, 15) is 9.65 Å². The van der Waals surface area contributed by atoms with E-state index in [1.54, 1.807) is 18.2 Å². The number of fused-ring (bicyclic) bond motifs is 1. The molecule has 108 valence electrons. The van der Waals surface area contributed by atoms with E-state index in [4.69, 9.17) is 0 Å². The number of nitrogens with zero attached hydrogens (tertiary/aromatic N) is 2. The minimum atomic E-state index is -0.332. The van der Waals surface area contributed by atoms with Crippen LogP contribution in [-0.2, 0) is 0 Å². The van der Waals surface area contributed by atoms with E-state index in [-0.39, 0.29) is 5.82 Å². The molecular weight excluding hydrogens is 277 g/mol. The van der Waals surface area contributed by atoms with Crippen molar-refractivity contribution >= 4 is 22.7 Å². The Morgan fingerprint density at radius 2 is 2.00 bits per heavy atom. The van der Waals surface area contributed by atoms with Crippen LogP contribution in [0.25, 0.3) is 22.7 Å². The molecule has 0 aliphatic heterocycles. The zero-order valence-electron chi connectivity index (χ0n) is 12.3. The molecule has 0 saturated heterocycles. The number of H-pyrrole nitrogens is 1. The van der Waals surface area contributed by atoms with Gasteiger partial charge in [0.15, 0.2) is 0 Å². The van der Waals surface area contributed by atoms with Gasteiger partial charge in [-0.25, -0.2) is 9.37 Å². The Morgan fingerprint density at radius 3 is 2.73 bits per heavy atom. The second-order valence-electron chi connectivity index (χ2n) is 5.26. The molecule has 0 spiro atoms. The molecule has 0 saturated carbocycles. The third-order valence-corrected chi connectivity index (χ3v) is 3.63. The molecule has 0 amide bonds. The van der Waals surface area contributed by atoms with Gasteiger partial charge in [0.1, 0.15) is 17.7 Å². The van der Waals surface area contributed by atoms with E-state index in [1.807, 2.05) is 26.0 Å². The monoisotopic (exact) mass is 291 g/mol. The van der Waals surface area contributed by atoms with Gasteiger partial charge in [-0.05, 0) is 60.9 Å². The summed E-state index contributed by atoms with van der Waals surface area (Å²) in [4.78, 5) is 7.62. The van der Waals surface area contributed by atoms with Crippen molar-refractivity contribution in [3.63, 3.8) is 0 Å². The fourth-order valence-electron chi connectivity index (χ4n) is 2.31. The minimum absolute atomic E-state index is 0.332. The average Bonchev–Trinajstić information content (AvgIpc) is 2.88. The van der Waals surface area contributed by atoms with Crippen LogP contribution < -0.4 is 0 Å². The van der Waals surface area contributed by atoms with E-state index < -0.39 is 0 Å². The molecular formula is C18H14FN3. The SMILES string of the molecule is Cc1cc2nc(/C(C#N)=C\c3cccc(F)c3)[nH]c2cc1C. The highest BCUT2D eigenvalue weighted by Gasteiger charge is 2.09. The zero-order chi connectivity index (χ0) is 15.7. The van der Waals surface area contributed by atoms with Gasteiger partial charge < -0.3 is 4.98 Å². The first-order valence-corrected chi connectivity index (χ1v) is 6.91. The number of halogens is 1. The quantitative estimate of drug-likeness (QED) is 0.712. The summed E-state index contributed by atoms with van der Waals surface area (Å²) in [6.45, 7) is 4.06. The maximum Gasteiger partial charge on any atom is 0.149 e. The number of aromatic nitrogens is 2. The lowest BCUT2D eigenvalue weighted by molar-refractivity contribution is 0.627. The number of hydrogen-bond donors (Lipinski definition) is 1. The largest absolute Gasteiger partial charge is 0.337 e. The van der Waals surface area contributed by atoms with Crippen LogP contribution >= 0.6 is 0 Å². The first-order valence-electron chi connectivity index (χ1n) is 6.91. The Morgan fingerprint density at radius 1 is 1.23 bits per heavy atom. The fourth-order valence-corrected chi connectivity index (χ4v) is 2.31. The molecule has 0 fully saturated rings. The number of allylic oxidation sites excluding steroid dienone is 1. The van der Waals surface area contributed by atoms with E-state index in [2.05, 4.69) is 16.0 Å². The van der Waals surface area contributed by atoms with Gasteiger partial charge in [-0.2, -0.15) is 5.26 Å². The van der Waals surface area contributed by atoms with Crippen LogP contribution in [0.5, 0.6) is 0 Å². The summed E-state index contributed by atoms with van der Waals surface area (Å²) >= 11 is 0. The molecule has 1 N–H and O–H groups in total. The van der Waals surface area contributed by atoms with Gasteiger partial charge in [0, 0.05) is 0 Å². The third-order valence-electron chi connectivity index (χ3n) is 3.63. The van der Waals surface area contributed by atoms with Crippen molar-refractivity contribution in [1.82, 2.24) is 9.97 Å². The van der Waals surface area contributed by atoms with Crippen molar-refractivity contribution in [1.29, 1.82) is 5.26 Å². The predicted octanol–water partition coefficient (Wildman–Crippen LogP) is 4.38. The molecule has 22 heavy (non-hydrogen) atoms. The van der Waals surface area contributed by atoms with E-state index in [0.717, 1.165) is 22.2 Å². The summed E-state index contributed by atoms with van der Waals surface area (Å²) in [5.41, 5.74) is 5.02. The molecule has 0 bridgehead atoms. The van der Waals surface area contributed by atoms with Crippen molar-refractivity contribution in [3.8, 4) is 6.07 Å². The van der Waals surface area contributed by atoms with Gasteiger partial charge in [-0.3, -0.25) is 0 Å². The van der Waals surface area contributed by atoms with Gasteiger partial charge in [0.2, 0.25) is 0 Å². The Kier molecular flexibility index (Phi) is 3.48. The maximum atomic E-state index is 13.2. The summed E-state index contributed by atoms with van der Waals surface area (Å²) in [7, 11) is 0. The molecule has 1 heterocycles. The molecule has 0 aliphatic rings. The topological polar surface area (TPSA) is 52.5 Å². The highest BCUT2D eigenvalue weighted by atomic mass is 19.1. The number of aryl methyl sites for hydroxylation is 2. The van der Waals surface area contributed by atoms with Crippen LogP contribution in [0.2, 0.25) is 0 Å². The normalized spacial score (nSPS) is 11.6. The fraction of sp³-hybridized carbons (Fsp3) is 0.111. The number of hydrogen-bond acceptors (Lipinski definition) is 2. The Hall–Kier alpha value is -2.93. The van der Waals surface area contributed by atoms with Gasteiger partial charge in [-0.15, -0.1) is 0 Å². The van der Waals surface area contributed by atoms with Gasteiger partial charge in [0.25, 0.3) is 0 Å². The van der Waals surface area contributed by atoms with E-state index in [1.165, 1.54) is 12.1 Å². The van der Waals surface area contributed by atoms with Crippen LogP contribution in [-0.4, -0.2) is 9.97 Å². The molecule has 0 atom stereocenters. The van der Waals surface area contributed by atoms with Crippen LogP contribution in [0.3, 0.4) is 0 Å². The first kappa shape index (κ1) is 14.0. The summed E-state index contributed by atoms with van der Waals surface area (Å²) in [6.07, 6.45) is 1.63. The molecule has 4 heteroatoms. The number of nitrogens with one attached hydrogen (secondary N) is 1. The summed E-state index contributed by atoms with van der Waals surface area (Å²) in [5, 5.41) is 9.37. The van der Waals surface area contributed by atoms with Crippen LogP contribution in [0.4, 0.5) is 4.39 Å². The van der Waals surface area contributed by atoms with E-state index in [0.29, 0.717) is 17.0 Å². The lowest BCUT2D eigenvalue weighted by Gasteiger charge is -1.97. The molecule has 2 aromatic carbocycles. The summed E-state index contributed by atoms with van der Waals surface area (Å²) in [6, 6.07) is 12.2. The van der Waals surface area contributed by atoms with Crippen molar-refractivity contribution in [2.24, 2.45) is 0 Å². The molecule has 3 rings (SSSR count). The third kappa shape index (κ3) is 2.61. The lowest BCUT2D eigenvalue weighted by atomic mass is 10.1. The number of rotatable bonds is 2. The lowest BCUT2D eigenvalue weighted by Crippen LogP contribution is -1.85. The van der Waals surface area contributed by atoms with Gasteiger partial charge in [-0.1, -0.05) is 12.1 Å². The highest BCUT2D eigenvalue weighted by Crippen LogP contribution is 2.22. The zero-order valence-corrected chi connectivity index (χ0v) is 12.3. The average molecular weight is 291 g/mol. The number of aromatic amines is 1. The Bertz CT molecular complexity index is 890. The Labute approximate surface area is 127 Å². The number of nitriles is 1. The molecule has 0 aliphatic carbocycles. The van der Waals surface area contributed by atoms with Gasteiger partial charge >= 0.3 is 0 Å². The molecule has 3 aromatic rings. The van der Waals surface area contributed by atoms with Crippen molar-refractivity contribution in [2.45, 2.75) is 13.8 Å². The van der Waals surface area contributed by atoms with Crippen LogP contribution in [0.15, 0.2) is 36.4 Å². The van der Waals surface area contributed by atoms with Crippen molar-refractivity contribution < 1.29 is 4.39 Å². The standard InChI is InChI=1S/C18H14FN3/c1-11-6-16-17(7-12(11)2)22-18(21-16)14(10-20)8-13-4-3-5-15(19)9-13/h3-9H,1-2H3,(H,21,22)/b14-8-. The second-order valence-corrected chi connectivity index (χ2v) is 5.26. The summed E-state index contributed by atoms with van der Waals surface area (Å²) in [5.74, 6) is 0.161. The smallest absolute Gasteiger partial charge is 0.149 e. The highest BCUT2D eigenvalue weighted by molar-refractivity contribution is 5.90. The molecule has 3 nitrogen and oxygen atoms in total. The predicted molar refractivity (Wildman–Crippen MR) is 85.5 cm³/mol. The van der Waals surface area contributed by atoms with Crippen molar-refractivity contribution in [3.05, 3.63) is 64.7 Å². The van der Waals surface area contributed by atoms with Crippen molar-refractivity contribution in [2.75, 3.05) is 0 Å². The molecule has 1 aromatic heterocycles.